The van der Waals surface area contributed by atoms with E-state index in [1.54, 1.807) is 24.4 Å². The molecule has 1 aliphatic rings. The molecule has 0 aliphatic carbocycles. The Morgan fingerprint density at radius 2 is 2.10 bits per heavy atom. The van der Waals surface area contributed by atoms with Crippen molar-refractivity contribution < 1.29 is 9.59 Å². The predicted molar refractivity (Wildman–Crippen MR) is 80.1 cm³/mol. The molecule has 1 saturated heterocycles. The standard InChI is InChI=1S/C14H10N2O2S2/c17-13-12(8-11-5-3-7-19-11)20-14(18)16(13)9-10-4-1-2-6-15-10/h1-8H,9H2/b12-8-. The van der Waals surface area contributed by atoms with Crippen molar-refractivity contribution in [2.45, 2.75) is 6.54 Å². The maximum absolute atomic E-state index is 12.2. The SMILES string of the molecule is O=C1S/C(=C\c2cccs2)C(=O)N1Cc1ccccn1. The van der Waals surface area contributed by atoms with Crippen LogP contribution in [0.1, 0.15) is 10.6 Å². The Hall–Kier alpha value is -1.92. The molecule has 3 rings (SSSR count). The Bertz CT molecular complexity index is 666. The molecule has 6 heteroatoms. The molecule has 0 N–H and O–H groups in total. The molecule has 4 nitrogen and oxygen atoms in total. The zero-order valence-corrected chi connectivity index (χ0v) is 12.0. The van der Waals surface area contributed by atoms with Crippen LogP contribution in [0.15, 0.2) is 46.8 Å². The first-order chi connectivity index (χ1) is 9.74. The lowest BCUT2D eigenvalue weighted by molar-refractivity contribution is -0.123. The highest BCUT2D eigenvalue weighted by atomic mass is 32.2. The summed E-state index contributed by atoms with van der Waals surface area (Å²) >= 11 is 2.51. The number of carbonyl (C=O) groups is 2. The van der Waals surface area contributed by atoms with Crippen molar-refractivity contribution in [1.29, 1.82) is 0 Å². The largest absolute Gasteiger partial charge is 0.293 e. The van der Waals surface area contributed by atoms with Crippen molar-refractivity contribution >= 4 is 40.3 Å². The summed E-state index contributed by atoms with van der Waals surface area (Å²) in [6.07, 6.45) is 3.41. The van der Waals surface area contributed by atoms with E-state index in [4.69, 9.17) is 0 Å². The van der Waals surface area contributed by atoms with Gasteiger partial charge in [-0.15, -0.1) is 11.3 Å². The van der Waals surface area contributed by atoms with Crippen LogP contribution in [0.2, 0.25) is 0 Å². The summed E-state index contributed by atoms with van der Waals surface area (Å²) in [7, 11) is 0. The van der Waals surface area contributed by atoms with Crippen molar-refractivity contribution in [3.63, 3.8) is 0 Å². The molecule has 0 spiro atoms. The van der Waals surface area contributed by atoms with E-state index in [0.717, 1.165) is 16.6 Å². The van der Waals surface area contributed by atoms with Gasteiger partial charge < -0.3 is 0 Å². The highest BCUT2D eigenvalue weighted by Gasteiger charge is 2.35. The lowest BCUT2D eigenvalue weighted by Crippen LogP contribution is -2.27. The molecular weight excluding hydrogens is 292 g/mol. The summed E-state index contributed by atoms with van der Waals surface area (Å²) in [5, 5.41) is 1.69. The first-order valence-corrected chi connectivity index (χ1v) is 7.62. The third-order valence-corrected chi connectivity index (χ3v) is 4.46. The summed E-state index contributed by atoms with van der Waals surface area (Å²) in [6.45, 7) is 0.216. The number of carbonyl (C=O) groups excluding carboxylic acids is 2. The third kappa shape index (κ3) is 2.66. The zero-order chi connectivity index (χ0) is 13.9. The van der Waals surface area contributed by atoms with Gasteiger partial charge in [-0.25, -0.2) is 0 Å². The molecule has 2 aromatic rings. The van der Waals surface area contributed by atoms with Crippen LogP contribution in [0.5, 0.6) is 0 Å². The Kier molecular flexibility index (Phi) is 3.66. The van der Waals surface area contributed by atoms with E-state index in [9.17, 15) is 9.59 Å². The van der Waals surface area contributed by atoms with E-state index in [1.807, 2.05) is 23.6 Å². The van der Waals surface area contributed by atoms with Gasteiger partial charge in [-0.2, -0.15) is 0 Å². The van der Waals surface area contributed by atoms with Gasteiger partial charge in [0.1, 0.15) is 0 Å². The number of aromatic nitrogens is 1. The molecule has 0 radical (unpaired) electrons. The molecule has 1 fully saturated rings. The van der Waals surface area contributed by atoms with Crippen molar-refractivity contribution in [1.82, 2.24) is 9.88 Å². The zero-order valence-electron chi connectivity index (χ0n) is 10.4. The van der Waals surface area contributed by atoms with Gasteiger partial charge >= 0.3 is 0 Å². The van der Waals surface area contributed by atoms with Crippen LogP contribution in [0.4, 0.5) is 4.79 Å². The summed E-state index contributed by atoms with van der Waals surface area (Å²) in [6, 6.07) is 9.26. The predicted octanol–water partition coefficient (Wildman–Crippen LogP) is 3.38. The van der Waals surface area contributed by atoms with Gasteiger partial charge in [-0.1, -0.05) is 12.1 Å². The summed E-state index contributed by atoms with van der Waals surface area (Å²) in [4.78, 5) is 31.0. The Morgan fingerprint density at radius 1 is 1.20 bits per heavy atom. The number of imide groups is 1. The fourth-order valence-electron chi connectivity index (χ4n) is 1.79. The van der Waals surface area contributed by atoms with Crippen LogP contribution in [-0.4, -0.2) is 21.0 Å². The quantitative estimate of drug-likeness (QED) is 0.816. The van der Waals surface area contributed by atoms with Gasteiger partial charge in [-0.3, -0.25) is 19.5 Å². The Morgan fingerprint density at radius 3 is 2.80 bits per heavy atom. The molecular formula is C14H10N2O2S2. The number of thioether (sulfide) groups is 1. The highest BCUT2D eigenvalue weighted by Crippen LogP contribution is 2.33. The number of thiophene rings is 1. The van der Waals surface area contributed by atoms with Crippen LogP contribution >= 0.6 is 23.1 Å². The lowest BCUT2D eigenvalue weighted by atomic mass is 10.3. The van der Waals surface area contributed by atoms with E-state index in [2.05, 4.69) is 4.98 Å². The molecule has 100 valence electrons. The van der Waals surface area contributed by atoms with Crippen molar-refractivity contribution in [2.75, 3.05) is 0 Å². The van der Waals surface area contributed by atoms with Gasteiger partial charge in [0.05, 0.1) is 17.1 Å². The van der Waals surface area contributed by atoms with E-state index >= 15 is 0 Å². The minimum atomic E-state index is -0.251. The Balaban J connectivity index is 1.81. The smallest absolute Gasteiger partial charge is 0.268 e. The van der Waals surface area contributed by atoms with Gasteiger partial charge in [0.2, 0.25) is 0 Å². The van der Waals surface area contributed by atoms with Gasteiger partial charge in [0.25, 0.3) is 11.1 Å². The van der Waals surface area contributed by atoms with Crippen LogP contribution in [0.25, 0.3) is 6.08 Å². The second kappa shape index (κ2) is 5.60. The average Bonchev–Trinajstić information content (AvgIpc) is 3.05. The molecule has 0 atom stereocenters. The monoisotopic (exact) mass is 302 g/mol. The van der Waals surface area contributed by atoms with Crippen molar-refractivity contribution in [2.24, 2.45) is 0 Å². The maximum Gasteiger partial charge on any atom is 0.293 e. The van der Waals surface area contributed by atoms with Crippen LogP contribution in [-0.2, 0) is 11.3 Å². The van der Waals surface area contributed by atoms with Crippen LogP contribution in [0.3, 0.4) is 0 Å². The molecule has 2 amide bonds. The minimum absolute atomic E-state index is 0.216. The molecule has 0 unspecified atom stereocenters. The maximum atomic E-state index is 12.2. The van der Waals surface area contributed by atoms with E-state index in [1.165, 1.54) is 16.2 Å². The van der Waals surface area contributed by atoms with Crippen molar-refractivity contribution in [3.8, 4) is 0 Å². The summed E-state index contributed by atoms with van der Waals surface area (Å²) in [5.41, 5.74) is 0.701. The van der Waals surface area contributed by atoms with Gasteiger partial charge in [-0.05, 0) is 41.4 Å². The lowest BCUT2D eigenvalue weighted by Gasteiger charge is -2.11. The average molecular weight is 302 g/mol. The van der Waals surface area contributed by atoms with Gasteiger partial charge in [0.15, 0.2) is 0 Å². The molecule has 2 aromatic heterocycles. The number of hydrogen-bond donors (Lipinski definition) is 0. The summed E-state index contributed by atoms with van der Waals surface area (Å²) < 4.78 is 0. The van der Waals surface area contributed by atoms with Crippen LogP contribution in [0, 0.1) is 0 Å². The topological polar surface area (TPSA) is 50.3 Å². The molecule has 0 aromatic carbocycles. The molecule has 0 bridgehead atoms. The van der Waals surface area contributed by atoms with E-state index < -0.39 is 0 Å². The number of pyridine rings is 1. The van der Waals surface area contributed by atoms with Gasteiger partial charge in [0, 0.05) is 11.1 Å². The Labute approximate surface area is 124 Å². The fourth-order valence-corrected chi connectivity index (χ4v) is 3.35. The second-order valence-corrected chi connectivity index (χ2v) is 6.08. The summed E-state index contributed by atoms with van der Waals surface area (Å²) in [5.74, 6) is -0.251. The number of rotatable bonds is 3. The van der Waals surface area contributed by atoms with E-state index in [-0.39, 0.29) is 17.7 Å². The first kappa shape index (κ1) is 13.1. The normalized spacial score (nSPS) is 17.2. The fraction of sp³-hybridized carbons (Fsp3) is 0.0714. The number of nitrogens with zero attached hydrogens (tertiary/aromatic N) is 2. The van der Waals surface area contributed by atoms with Crippen molar-refractivity contribution in [3.05, 3.63) is 57.4 Å². The first-order valence-electron chi connectivity index (χ1n) is 5.93. The van der Waals surface area contributed by atoms with Crippen LogP contribution < -0.4 is 0 Å². The third-order valence-electron chi connectivity index (χ3n) is 2.74. The number of hydrogen-bond acceptors (Lipinski definition) is 5. The number of amides is 2. The highest BCUT2D eigenvalue weighted by molar-refractivity contribution is 8.18. The molecule has 3 heterocycles. The minimum Gasteiger partial charge on any atom is -0.268 e. The molecule has 20 heavy (non-hydrogen) atoms. The molecule has 0 saturated carbocycles. The second-order valence-electron chi connectivity index (χ2n) is 4.10. The molecule has 1 aliphatic heterocycles. The van der Waals surface area contributed by atoms with E-state index in [0.29, 0.717) is 10.6 Å².